The number of aryl methyl sites for hydroxylation is 1. The SMILES string of the molecule is COC1(c2ncccc2C)CC2CCC(C1)N2C(=O)c1csc(/C(C=N)=C/NN)c1. The summed E-state index contributed by atoms with van der Waals surface area (Å²) >= 11 is 1.44. The summed E-state index contributed by atoms with van der Waals surface area (Å²) < 4.78 is 6.09. The van der Waals surface area contributed by atoms with Crippen LogP contribution in [0.15, 0.2) is 36.0 Å². The van der Waals surface area contributed by atoms with E-state index in [1.54, 1.807) is 13.3 Å². The lowest BCUT2D eigenvalue weighted by atomic mass is 9.81. The van der Waals surface area contributed by atoms with Crippen LogP contribution in [0.1, 0.15) is 52.2 Å². The van der Waals surface area contributed by atoms with Gasteiger partial charge in [-0.3, -0.25) is 15.6 Å². The number of nitrogens with one attached hydrogen (secondary N) is 2. The Morgan fingerprint density at radius 3 is 2.77 bits per heavy atom. The van der Waals surface area contributed by atoms with E-state index in [-0.39, 0.29) is 18.0 Å². The van der Waals surface area contributed by atoms with E-state index in [1.165, 1.54) is 17.6 Å². The number of carbonyl (C=O) groups excluding carboxylic acids is 1. The van der Waals surface area contributed by atoms with Gasteiger partial charge in [0.1, 0.15) is 5.60 Å². The highest BCUT2D eigenvalue weighted by atomic mass is 32.1. The van der Waals surface area contributed by atoms with E-state index in [0.717, 1.165) is 41.8 Å². The van der Waals surface area contributed by atoms with Crippen molar-refractivity contribution in [2.75, 3.05) is 7.11 Å². The fourth-order valence-corrected chi connectivity index (χ4v) is 5.85. The Morgan fingerprint density at radius 2 is 2.17 bits per heavy atom. The Labute approximate surface area is 180 Å². The number of fused-ring (bicyclic) bond motifs is 2. The van der Waals surface area contributed by atoms with Crippen molar-refractivity contribution in [3.05, 3.63) is 57.7 Å². The molecule has 2 bridgehead atoms. The molecule has 30 heavy (non-hydrogen) atoms. The van der Waals surface area contributed by atoms with Gasteiger partial charge in [0.15, 0.2) is 0 Å². The second kappa shape index (κ2) is 8.29. The number of pyridine rings is 1. The monoisotopic (exact) mass is 425 g/mol. The summed E-state index contributed by atoms with van der Waals surface area (Å²) in [7, 11) is 1.76. The summed E-state index contributed by atoms with van der Waals surface area (Å²) in [5.74, 6) is 5.40. The molecule has 4 rings (SSSR count). The van der Waals surface area contributed by atoms with E-state index >= 15 is 0 Å². The molecule has 7 nitrogen and oxygen atoms in total. The highest BCUT2D eigenvalue weighted by Crippen LogP contribution is 2.48. The molecular weight excluding hydrogens is 398 g/mol. The zero-order valence-corrected chi connectivity index (χ0v) is 18.0. The van der Waals surface area contributed by atoms with Crippen molar-refractivity contribution in [1.82, 2.24) is 15.3 Å². The van der Waals surface area contributed by atoms with Crippen molar-refractivity contribution in [2.45, 2.75) is 50.3 Å². The lowest BCUT2D eigenvalue weighted by Crippen LogP contribution is -2.53. The molecule has 0 radical (unpaired) electrons. The Morgan fingerprint density at radius 1 is 1.43 bits per heavy atom. The van der Waals surface area contributed by atoms with Crippen LogP contribution in [0.2, 0.25) is 0 Å². The fourth-order valence-electron chi connectivity index (χ4n) is 4.98. The molecule has 2 unspecified atom stereocenters. The zero-order chi connectivity index (χ0) is 21.3. The Bertz CT molecular complexity index is 971. The number of hydrogen-bond acceptors (Lipinski definition) is 7. The number of carbonyl (C=O) groups is 1. The van der Waals surface area contributed by atoms with E-state index in [1.807, 2.05) is 23.7 Å². The van der Waals surface area contributed by atoms with Crippen molar-refractivity contribution in [3.8, 4) is 0 Å². The highest BCUT2D eigenvalue weighted by molar-refractivity contribution is 7.11. The number of rotatable bonds is 6. The van der Waals surface area contributed by atoms with Crippen molar-refractivity contribution in [2.24, 2.45) is 5.84 Å². The molecule has 2 fully saturated rings. The maximum absolute atomic E-state index is 13.4. The molecule has 2 atom stereocenters. The number of aromatic nitrogens is 1. The van der Waals surface area contributed by atoms with E-state index in [4.69, 9.17) is 16.0 Å². The Hall–Kier alpha value is -2.55. The van der Waals surface area contributed by atoms with Crippen LogP contribution in [0.25, 0.3) is 5.57 Å². The van der Waals surface area contributed by atoms with Gasteiger partial charge in [-0.05, 0) is 37.5 Å². The van der Waals surface area contributed by atoms with Gasteiger partial charge >= 0.3 is 0 Å². The standard InChI is InChI=1S/C22H27N5O2S/c1-14-4-3-7-25-20(14)22(29-2)9-17-5-6-18(10-22)27(17)21(28)15-8-19(30-13-15)16(11-23)12-26-24/h3-4,7-8,11-13,17-18,23,26H,5-6,9-10,24H2,1-2H3/b16-12+,23-11?. The van der Waals surface area contributed by atoms with Crippen molar-refractivity contribution >= 4 is 29.0 Å². The van der Waals surface area contributed by atoms with E-state index in [2.05, 4.69) is 28.3 Å². The summed E-state index contributed by atoms with van der Waals surface area (Å²) in [6.45, 7) is 2.07. The van der Waals surface area contributed by atoms with Crippen LogP contribution in [-0.4, -0.2) is 41.2 Å². The third kappa shape index (κ3) is 3.45. The van der Waals surface area contributed by atoms with Crippen LogP contribution in [0.4, 0.5) is 0 Å². The molecule has 0 saturated carbocycles. The first-order valence-electron chi connectivity index (χ1n) is 10.1. The number of allylic oxidation sites excluding steroid dienone is 1. The van der Waals surface area contributed by atoms with Gasteiger partial charge in [-0.25, -0.2) is 0 Å². The number of hydrazine groups is 1. The molecule has 0 aromatic carbocycles. The molecule has 2 aromatic heterocycles. The van der Waals surface area contributed by atoms with Crippen LogP contribution in [0.5, 0.6) is 0 Å². The summed E-state index contributed by atoms with van der Waals surface area (Å²) in [6.07, 6.45) is 8.07. The molecular formula is C22H27N5O2S. The predicted molar refractivity (Wildman–Crippen MR) is 118 cm³/mol. The molecule has 8 heteroatoms. The summed E-state index contributed by atoms with van der Waals surface area (Å²) in [6, 6.07) is 6.12. The second-order valence-electron chi connectivity index (χ2n) is 7.98. The van der Waals surface area contributed by atoms with E-state index < -0.39 is 5.60 Å². The number of thiophene rings is 1. The van der Waals surface area contributed by atoms with Crippen molar-refractivity contribution in [1.29, 1.82) is 5.41 Å². The van der Waals surface area contributed by atoms with Gasteiger partial charge in [-0.15, -0.1) is 11.3 Å². The third-order valence-corrected chi connectivity index (χ3v) is 7.32. The van der Waals surface area contributed by atoms with Gasteiger partial charge in [0.05, 0.1) is 11.3 Å². The molecule has 158 valence electrons. The summed E-state index contributed by atoms with van der Waals surface area (Å²) in [5, 5.41) is 9.42. The van der Waals surface area contributed by atoms with Crippen LogP contribution in [-0.2, 0) is 10.3 Å². The minimum Gasteiger partial charge on any atom is -0.372 e. The first-order chi connectivity index (χ1) is 14.5. The fraction of sp³-hybridized carbons (Fsp3) is 0.409. The van der Waals surface area contributed by atoms with Crippen LogP contribution >= 0.6 is 11.3 Å². The normalized spacial score (nSPS) is 26.0. The van der Waals surface area contributed by atoms with Crippen LogP contribution in [0, 0.1) is 12.3 Å². The maximum Gasteiger partial charge on any atom is 0.255 e. The number of amides is 1. The lowest BCUT2D eigenvalue weighted by Gasteiger charge is -2.45. The predicted octanol–water partition coefficient (Wildman–Crippen LogP) is 3.21. The first kappa shape index (κ1) is 20.7. The molecule has 0 aliphatic carbocycles. The average Bonchev–Trinajstić information content (AvgIpc) is 3.35. The molecule has 2 aromatic rings. The topological polar surface area (TPSA) is 104 Å². The summed E-state index contributed by atoms with van der Waals surface area (Å²) in [5.41, 5.74) is 5.43. The Balaban J connectivity index is 1.59. The molecule has 4 heterocycles. The van der Waals surface area contributed by atoms with Gasteiger partial charge < -0.3 is 20.5 Å². The number of methoxy groups -OCH3 is 1. The average molecular weight is 426 g/mol. The van der Waals surface area contributed by atoms with Gasteiger partial charge in [-0.2, -0.15) is 0 Å². The largest absolute Gasteiger partial charge is 0.372 e. The highest BCUT2D eigenvalue weighted by Gasteiger charge is 2.52. The number of nitrogens with two attached hydrogens (primary N) is 1. The van der Waals surface area contributed by atoms with Gasteiger partial charge in [-0.1, -0.05) is 6.07 Å². The number of ether oxygens (including phenoxy) is 1. The quantitative estimate of drug-likeness (QED) is 0.374. The van der Waals surface area contributed by atoms with Crippen molar-refractivity contribution in [3.63, 3.8) is 0 Å². The van der Waals surface area contributed by atoms with E-state index in [9.17, 15) is 4.79 Å². The second-order valence-corrected chi connectivity index (χ2v) is 8.89. The van der Waals surface area contributed by atoms with Crippen LogP contribution in [0.3, 0.4) is 0 Å². The van der Waals surface area contributed by atoms with Gasteiger partial charge in [0, 0.05) is 66.5 Å². The molecule has 2 saturated heterocycles. The molecule has 1 amide bonds. The lowest BCUT2D eigenvalue weighted by molar-refractivity contribution is -0.0818. The maximum atomic E-state index is 13.4. The van der Waals surface area contributed by atoms with Gasteiger partial charge in [0.25, 0.3) is 5.91 Å². The van der Waals surface area contributed by atoms with Crippen LogP contribution < -0.4 is 11.3 Å². The van der Waals surface area contributed by atoms with E-state index in [0.29, 0.717) is 11.1 Å². The molecule has 0 spiro atoms. The zero-order valence-electron chi connectivity index (χ0n) is 17.2. The third-order valence-electron chi connectivity index (χ3n) is 6.34. The Kier molecular flexibility index (Phi) is 5.73. The molecule has 4 N–H and O–H groups in total. The molecule has 2 aliphatic rings. The number of piperidine rings is 1. The number of nitrogens with zero attached hydrogens (tertiary/aromatic N) is 2. The van der Waals surface area contributed by atoms with Gasteiger partial charge in [0.2, 0.25) is 0 Å². The molecule has 2 aliphatic heterocycles. The first-order valence-corrected chi connectivity index (χ1v) is 11.0. The van der Waals surface area contributed by atoms with Crippen molar-refractivity contribution < 1.29 is 9.53 Å². The minimum absolute atomic E-state index is 0.0532. The smallest absolute Gasteiger partial charge is 0.255 e. The summed E-state index contributed by atoms with van der Waals surface area (Å²) in [4.78, 5) is 20.9. The minimum atomic E-state index is -0.448. The number of hydrogen-bond donors (Lipinski definition) is 3.